The lowest BCUT2D eigenvalue weighted by Gasteiger charge is -2.23. The van der Waals surface area contributed by atoms with Crippen molar-refractivity contribution in [1.82, 2.24) is 4.98 Å². The lowest BCUT2D eigenvalue weighted by atomic mass is 9.94. The van der Waals surface area contributed by atoms with Crippen LogP contribution >= 0.6 is 0 Å². The number of carbonyl (C=O) groups is 1. The maximum absolute atomic E-state index is 13.9. The highest BCUT2D eigenvalue weighted by atomic mass is 19.4. The molecule has 0 spiro atoms. The molecule has 0 saturated carbocycles. The molecule has 1 aromatic heterocycles. The smallest absolute Gasteiger partial charge is 0.416 e. The van der Waals surface area contributed by atoms with E-state index < -0.39 is 29.4 Å². The van der Waals surface area contributed by atoms with Gasteiger partial charge in [0, 0.05) is 52.1 Å². The van der Waals surface area contributed by atoms with Crippen molar-refractivity contribution in [2.45, 2.75) is 12.2 Å². The fraction of sp³-hybridized carbons (Fsp3) is 0.222. The number of aliphatic hydroxyl groups is 1. The molecule has 1 unspecified atom stereocenters. The Bertz CT molecular complexity index is 1450. The molecule has 1 heterocycles. The second kappa shape index (κ2) is 11.0. The number of ether oxygens (including phenoxy) is 3. The first-order chi connectivity index (χ1) is 18.1. The molecule has 0 amide bonds. The zero-order valence-corrected chi connectivity index (χ0v) is 20.4. The first-order valence-corrected chi connectivity index (χ1v) is 11.4. The summed E-state index contributed by atoms with van der Waals surface area (Å²) in [6, 6.07) is 10.2. The van der Waals surface area contributed by atoms with Crippen molar-refractivity contribution in [2.75, 3.05) is 32.8 Å². The molecule has 3 N–H and O–H groups in total. The topological polar surface area (TPSA) is 92.8 Å². The summed E-state index contributed by atoms with van der Waals surface area (Å²) in [5, 5.41) is 12.6. The first-order valence-electron chi connectivity index (χ1n) is 11.4. The number of Topliss-reactive ketones (excluding diaryl/α,β-unsaturated/α-hetero) is 1. The van der Waals surface area contributed by atoms with Gasteiger partial charge in [-0.05, 0) is 30.3 Å². The van der Waals surface area contributed by atoms with Crippen molar-refractivity contribution in [3.63, 3.8) is 0 Å². The lowest BCUT2D eigenvalue weighted by molar-refractivity contribution is -0.137. The summed E-state index contributed by atoms with van der Waals surface area (Å²) >= 11 is 0. The van der Waals surface area contributed by atoms with Crippen molar-refractivity contribution >= 4 is 22.4 Å². The van der Waals surface area contributed by atoms with E-state index in [0.29, 0.717) is 28.1 Å². The van der Waals surface area contributed by atoms with E-state index in [9.17, 15) is 22.4 Å². The number of alkyl halides is 3. The molecule has 0 bridgehead atoms. The van der Waals surface area contributed by atoms with Crippen LogP contribution in [0.25, 0.3) is 10.9 Å². The molecule has 38 heavy (non-hydrogen) atoms. The molecule has 11 heteroatoms. The van der Waals surface area contributed by atoms with Crippen molar-refractivity contribution < 1.29 is 41.7 Å². The Morgan fingerprint density at radius 3 is 2.47 bits per heavy atom. The number of aliphatic hydroxyl groups excluding tert-OH is 1. The molecule has 1 atom stereocenters. The van der Waals surface area contributed by atoms with Gasteiger partial charge >= 0.3 is 6.18 Å². The number of benzene rings is 3. The Balaban J connectivity index is 1.83. The second-order valence-electron chi connectivity index (χ2n) is 8.26. The van der Waals surface area contributed by atoms with Gasteiger partial charge < -0.3 is 29.6 Å². The number of nitrogens with one attached hydrogen (secondary N) is 2. The van der Waals surface area contributed by atoms with Gasteiger partial charge in [0.15, 0.2) is 5.78 Å². The number of aromatic nitrogens is 1. The molecule has 3 aromatic carbocycles. The second-order valence-corrected chi connectivity index (χ2v) is 8.26. The van der Waals surface area contributed by atoms with Gasteiger partial charge in [-0.2, -0.15) is 13.2 Å². The number of carbonyl (C=O) groups excluding carboxylic acids is 1. The minimum absolute atomic E-state index is 0.00753. The standard InChI is InChI=1S/C27H24F4N2O5/c1-36-18-11-17(12-19(13-18)38-8-7-34)33-25(21-5-3-15(27(29,30)31)9-24(21)37-2)26(35)22-14-32-23-10-16(28)4-6-20(22)23/h3-6,9-14,25,32-34H,7-8H2,1-2H3. The SMILES string of the molecule is COc1cc(NC(C(=O)c2c[nH]c3cc(F)ccc23)c2ccc(C(F)(F)F)cc2OC)cc(OCCO)c1. The van der Waals surface area contributed by atoms with Crippen LogP contribution in [0, 0.1) is 5.82 Å². The van der Waals surface area contributed by atoms with E-state index in [2.05, 4.69) is 10.3 Å². The van der Waals surface area contributed by atoms with Gasteiger partial charge in [0.25, 0.3) is 0 Å². The molecule has 4 aromatic rings. The van der Waals surface area contributed by atoms with Crippen LogP contribution in [0.1, 0.15) is 27.5 Å². The molecule has 0 aliphatic heterocycles. The number of hydrogen-bond acceptors (Lipinski definition) is 6. The third kappa shape index (κ3) is 5.67. The summed E-state index contributed by atoms with van der Waals surface area (Å²) in [6.45, 7) is -0.224. The fourth-order valence-corrected chi connectivity index (χ4v) is 4.05. The minimum Gasteiger partial charge on any atom is -0.497 e. The van der Waals surface area contributed by atoms with Gasteiger partial charge in [0.2, 0.25) is 0 Å². The zero-order valence-electron chi connectivity index (χ0n) is 20.4. The van der Waals surface area contributed by atoms with Gasteiger partial charge in [-0.15, -0.1) is 0 Å². The predicted octanol–water partition coefficient (Wildman–Crippen LogP) is 5.75. The number of aromatic amines is 1. The molecule has 0 aliphatic carbocycles. The number of H-pyrrole nitrogens is 1. The van der Waals surface area contributed by atoms with Crippen molar-refractivity contribution in [2.24, 2.45) is 0 Å². The highest BCUT2D eigenvalue weighted by Gasteiger charge is 2.34. The third-order valence-corrected chi connectivity index (χ3v) is 5.83. The Labute approximate surface area is 214 Å². The van der Waals surface area contributed by atoms with Gasteiger partial charge in [-0.1, -0.05) is 6.07 Å². The van der Waals surface area contributed by atoms with Crippen LogP contribution in [0.5, 0.6) is 17.2 Å². The molecular weight excluding hydrogens is 508 g/mol. The minimum atomic E-state index is -4.62. The van der Waals surface area contributed by atoms with Crippen LogP contribution < -0.4 is 19.5 Å². The molecule has 7 nitrogen and oxygen atoms in total. The van der Waals surface area contributed by atoms with Crippen LogP contribution in [-0.2, 0) is 6.18 Å². The molecule has 4 rings (SSSR count). The number of methoxy groups -OCH3 is 2. The first kappa shape index (κ1) is 26.8. The van der Waals surface area contributed by atoms with E-state index in [1.807, 2.05) is 0 Å². The molecule has 0 fully saturated rings. The highest BCUT2D eigenvalue weighted by Crippen LogP contribution is 2.38. The summed E-state index contributed by atoms with van der Waals surface area (Å²) in [5.74, 6) is -0.466. The average molecular weight is 532 g/mol. The van der Waals surface area contributed by atoms with Crippen LogP contribution in [0.15, 0.2) is 60.8 Å². The molecule has 200 valence electrons. The number of ketones is 1. The van der Waals surface area contributed by atoms with Crippen LogP contribution in [0.2, 0.25) is 0 Å². The molecular formula is C27H24F4N2O5. The van der Waals surface area contributed by atoms with Crippen molar-refractivity contribution in [3.05, 3.63) is 83.3 Å². The number of halogens is 4. The maximum Gasteiger partial charge on any atom is 0.416 e. The zero-order chi connectivity index (χ0) is 27.4. The Morgan fingerprint density at radius 2 is 1.79 bits per heavy atom. The van der Waals surface area contributed by atoms with E-state index in [1.54, 1.807) is 18.2 Å². The summed E-state index contributed by atoms with van der Waals surface area (Å²) in [6.07, 6.45) is -3.20. The summed E-state index contributed by atoms with van der Waals surface area (Å²) in [4.78, 5) is 16.8. The Kier molecular flexibility index (Phi) is 7.77. The van der Waals surface area contributed by atoms with Gasteiger partial charge in [0.1, 0.15) is 35.7 Å². The Hall–Kier alpha value is -4.25. The lowest BCUT2D eigenvalue weighted by Crippen LogP contribution is -2.22. The van der Waals surface area contributed by atoms with E-state index in [4.69, 9.17) is 19.3 Å². The van der Waals surface area contributed by atoms with Crippen LogP contribution in [0.4, 0.5) is 23.2 Å². The van der Waals surface area contributed by atoms with Crippen molar-refractivity contribution in [3.8, 4) is 17.2 Å². The predicted molar refractivity (Wildman–Crippen MR) is 133 cm³/mol. The quantitative estimate of drug-likeness (QED) is 0.178. The van der Waals surface area contributed by atoms with Crippen molar-refractivity contribution in [1.29, 1.82) is 0 Å². The number of anilines is 1. The number of fused-ring (bicyclic) bond motifs is 1. The number of hydrogen-bond donors (Lipinski definition) is 3. The maximum atomic E-state index is 13.9. The van der Waals surface area contributed by atoms with Gasteiger partial charge in [0.05, 0.1) is 26.4 Å². The van der Waals surface area contributed by atoms with E-state index in [-0.39, 0.29) is 30.1 Å². The third-order valence-electron chi connectivity index (χ3n) is 5.83. The molecule has 0 radical (unpaired) electrons. The van der Waals surface area contributed by atoms with E-state index in [0.717, 1.165) is 12.1 Å². The molecule has 0 aliphatic rings. The summed E-state index contributed by atoms with van der Waals surface area (Å²) < 4.78 is 69.9. The number of rotatable bonds is 10. The van der Waals surface area contributed by atoms with E-state index >= 15 is 0 Å². The van der Waals surface area contributed by atoms with Gasteiger partial charge in [-0.25, -0.2) is 4.39 Å². The largest absolute Gasteiger partial charge is 0.497 e. The van der Waals surface area contributed by atoms with Gasteiger partial charge in [-0.3, -0.25) is 4.79 Å². The summed E-state index contributed by atoms with van der Waals surface area (Å²) in [5.41, 5.74) is 0.130. The van der Waals surface area contributed by atoms with Crippen LogP contribution in [-0.4, -0.2) is 43.3 Å². The molecule has 0 saturated heterocycles. The van der Waals surface area contributed by atoms with E-state index in [1.165, 1.54) is 44.7 Å². The Morgan fingerprint density at radius 1 is 1.03 bits per heavy atom. The fourth-order valence-electron chi connectivity index (χ4n) is 4.05. The van der Waals surface area contributed by atoms with Crippen LogP contribution in [0.3, 0.4) is 0 Å². The summed E-state index contributed by atoms with van der Waals surface area (Å²) in [7, 11) is 2.64. The highest BCUT2D eigenvalue weighted by molar-refractivity contribution is 6.11. The normalized spacial score (nSPS) is 12.3. The average Bonchev–Trinajstić information content (AvgIpc) is 3.32. The monoisotopic (exact) mass is 532 g/mol.